The first-order valence-electron chi connectivity index (χ1n) is 6.76. The topological polar surface area (TPSA) is 59.8 Å². The van der Waals surface area contributed by atoms with Crippen molar-refractivity contribution >= 4 is 40.4 Å². The van der Waals surface area contributed by atoms with Gasteiger partial charge in [-0.3, -0.25) is 9.48 Å². The lowest BCUT2D eigenvalue weighted by Crippen LogP contribution is -2.31. The van der Waals surface area contributed by atoms with Gasteiger partial charge in [0.2, 0.25) is 0 Å². The summed E-state index contributed by atoms with van der Waals surface area (Å²) in [7, 11) is 0. The normalized spacial score (nSPS) is 12.1. The fourth-order valence-corrected chi connectivity index (χ4v) is 3.62. The fraction of sp³-hybridized carbons (Fsp3) is 0.133. The van der Waals surface area contributed by atoms with Crippen molar-refractivity contribution in [2.75, 3.05) is 0 Å². The summed E-state index contributed by atoms with van der Waals surface area (Å²) in [5, 5.41) is 7.07. The summed E-state index contributed by atoms with van der Waals surface area (Å²) in [6.45, 7) is 0.464. The number of aromatic nitrogens is 3. The first kappa shape index (κ1) is 16.0. The molecule has 2 heterocycles. The molecule has 0 fully saturated rings. The quantitative estimate of drug-likeness (QED) is 0.746. The minimum atomic E-state index is -0.271. The number of hydrogen-bond donors (Lipinski definition) is 1. The second kappa shape index (κ2) is 7.12. The van der Waals surface area contributed by atoms with E-state index in [2.05, 4.69) is 15.4 Å². The van der Waals surface area contributed by atoms with Crippen LogP contribution in [-0.2, 0) is 6.54 Å². The van der Waals surface area contributed by atoms with Gasteiger partial charge in [0.05, 0.1) is 22.5 Å². The summed E-state index contributed by atoms with van der Waals surface area (Å²) in [4.78, 5) is 16.4. The van der Waals surface area contributed by atoms with E-state index < -0.39 is 0 Å². The van der Waals surface area contributed by atoms with E-state index in [0.717, 1.165) is 5.56 Å². The summed E-state index contributed by atoms with van der Waals surface area (Å²) in [5.41, 5.74) is 1.34. The number of benzene rings is 1. The Labute approximate surface area is 146 Å². The molecule has 3 aromatic rings. The zero-order chi connectivity index (χ0) is 16.2. The van der Waals surface area contributed by atoms with Crippen LogP contribution in [0.25, 0.3) is 0 Å². The number of thiophene rings is 1. The van der Waals surface area contributed by atoms with Crippen LogP contribution >= 0.6 is 34.5 Å². The number of amides is 1. The minimum Gasteiger partial charge on any atom is -0.343 e. The minimum absolute atomic E-state index is 0.264. The molecule has 8 heteroatoms. The molecule has 1 N–H and O–H groups in total. The zero-order valence-electron chi connectivity index (χ0n) is 11.8. The Morgan fingerprint density at radius 2 is 2.09 bits per heavy atom. The van der Waals surface area contributed by atoms with E-state index in [1.54, 1.807) is 17.1 Å². The van der Waals surface area contributed by atoms with Crippen molar-refractivity contribution in [3.8, 4) is 0 Å². The largest absolute Gasteiger partial charge is 0.343 e. The van der Waals surface area contributed by atoms with Crippen LogP contribution in [0, 0.1) is 0 Å². The van der Waals surface area contributed by atoms with E-state index >= 15 is 0 Å². The zero-order valence-corrected chi connectivity index (χ0v) is 14.1. The smallest absolute Gasteiger partial charge is 0.254 e. The molecule has 0 aliphatic carbocycles. The highest BCUT2D eigenvalue weighted by Crippen LogP contribution is 2.31. The number of nitrogens with zero attached hydrogens (tertiary/aromatic N) is 3. The van der Waals surface area contributed by atoms with Crippen LogP contribution in [0.5, 0.6) is 0 Å². The van der Waals surface area contributed by atoms with Gasteiger partial charge in [-0.1, -0.05) is 53.5 Å². The third-order valence-corrected chi connectivity index (χ3v) is 4.73. The summed E-state index contributed by atoms with van der Waals surface area (Å²) >= 11 is 13.1. The average Bonchev–Trinajstić information content (AvgIpc) is 3.17. The van der Waals surface area contributed by atoms with Crippen LogP contribution in [-0.4, -0.2) is 20.7 Å². The van der Waals surface area contributed by atoms with Gasteiger partial charge in [0.25, 0.3) is 5.91 Å². The van der Waals surface area contributed by atoms with E-state index in [-0.39, 0.29) is 11.9 Å². The lowest BCUT2D eigenvalue weighted by molar-refractivity contribution is 0.0932. The van der Waals surface area contributed by atoms with Gasteiger partial charge in [0.15, 0.2) is 0 Å². The molecule has 118 valence electrons. The van der Waals surface area contributed by atoms with Crippen LogP contribution < -0.4 is 5.32 Å². The summed E-state index contributed by atoms with van der Waals surface area (Å²) in [6, 6.07) is 11.0. The Balaban J connectivity index is 1.83. The van der Waals surface area contributed by atoms with Crippen molar-refractivity contribution in [1.82, 2.24) is 20.1 Å². The first-order valence-corrected chi connectivity index (χ1v) is 8.34. The number of halogens is 2. The van der Waals surface area contributed by atoms with Crippen LogP contribution in [0.1, 0.15) is 22.0 Å². The summed E-state index contributed by atoms with van der Waals surface area (Å²) in [6.07, 6.45) is 3.07. The molecule has 5 nitrogen and oxygen atoms in total. The molecule has 0 aliphatic heterocycles. The second-order valence-corrected chi connectivity index (χ2v) is 7.08. The van der Waals surface area contributed by atoms with Crippen molar-refractivity contribution < 1.29 is 4.79 Å². The predicted molar refractivity (Wildman–Crippen MR) is 91.0 cm³/mol. The molecule has 1 atom stereocenters. The lowest BCUT2D eigenvalue weighted by atomic mass is 10.1. The maximum absolute atomic E-state index is 12.5. The third-order valence-electron chi connectivity index (χ3n) is 3.24. The van der Waals surface area contributed by atoms with E-state index in [1.807, 2.05) is 30.3 Å². The lowest BCUT2D eigenvalue weighted by Gasteiger charge is -2.19. The number of carbonyl (C=O) groups is 1. The Hall–Kier alpha value is -1.89. The van der Waals surface area contributed by atoms with Crippen molar-refractivity contribution in [3.63, 3.8) is 0 Å². The molecule has 0 spiro atoms. The molecule has 3 rings (SSSR count). The molecule has 1 amide bonds. The van der Waals surface area contributed by atoms with E-state index in [0.29, 0.717) is 20.8 Å². The van der Waals surface area contributed by atoms with Gasteiger partial charge in [-0.15, -0.1) is 11.3 Å². The summed E-state index contributed by atoms with van der Waals surface area (Å²) < 4.78 is 2.52. The molecule has 0 saturated heterocycles. The Morgan fingerprint density at radius 3 is 2.70 bits per heavy atom. The average molecular weight is 367 g/mol. The van der Waals surface area contributed by atoms with Crippen LogP contribution in [0.4, 0.5) is 0 Å². The molecule has 2 aromatic heterocycles. The predicted octanol–water partition coefficient (Wildman–Crippen LogP) is 3.82. The molecule has 1 unspecified atom stereocenters. The molecular weight excluding hydrogens is 355 g/mol. The fourth-order valence-electron chi connectivity index (χ4n) is 2.16. The van der Waals surface area contributed by atoms with Crippen LogP contribution in [0.3, 0.4) is 0 Å². The first-order chi connectivity index (χ1) is 11.1. The van der Waals surface area contributed by atoms with Crippen molar-refractivity contribution in [2.45, 2.75) is 12.6 Å². The molecule has 0 radical (unpaired) electrons. The SMILES string of the molecule is O=C(NC(Cn1cncn1)c1ccccc1)c1cc(Cl)sc1Cl. The Morgan fingerprint density at radius 1 is 1.30 bits per heavy atom. The molecule has 0 saturated carbocycles. The van der Waals surface area contributed by atoms with Gasteiger partial charge in [0.1, 0.15) is 17.0 Å². The number of rotatable bonds is 5. The number of carbonyl (C=O) groups excluding carboxylic acids is 1. The van der Waals surface area contributed by atoms with Gasteiger partial charge >= 0.3 is 0 Å². The van der Waals surface area contributed by atoms with E-state index in [4.69, 9.17) is 23.2 Å². The van der Waals surface area contributed by atoms with E-state index in [1.165, 1.54) is 17.7 Å². The van der Waals surface area contributed by atoms with Crippen molar-refractivity contribution in [3.05, 3.63) is 68.9 Å². The maximum atomic E-state index is 12.5. The van der Waals surface area contributed by atoms with Gasteiger partial charge in [-0.05, 0) is 11.6 Å². The molecule has 23 heavy (non-hydrogen) atoms. The standard InChI is InChI=1S/C15H12Cl2N4OS/c16-13-6-11(14(17)23-13)15(22)20-12(7-21-9-18-8-19-21)10-4-2-1-3-5-10/h1-6,8-9,12H,7H2,(H,20,22). The van der Waals surface area contributed by atoms with Crippen molar-refractivity contribution in [1.29, 1.82) is 0 Å². The highest BCUT2D eigenvalue weighted by molar-refractivity contribution is 7.20. The Kier molecular flexibility index (Phi) is 4.95. The van der Waals surface area contributed by atoms with E-state index in [9.17, 15) is 4.79 Å². The molecular formula is C15H12Cl2N4OS. The van der Waals surface area contributed by atoms with Gasteiger partial charge in [-0.25, -0.2) is 4.98 Å². The van der Waals surface area contributed by atoms with Gasteiger partial charge in [0, 0.05) is 0 Å². The third kappa shape index (κ3) is 3.90. The molecule has 1 aromatic carbocycles. The number of nitrogens with one attached hydrogen (secondary N) is 1. The monoisotopic (exact) mass is 366 g/mol. The highest BCUT2D eigenvalue weighted by atomic mass is 35.5. The van der Waals surface area contributed by atoms with Gasteiger partial charge in [-0.2, -0.15) is 5.10 Å². The maximum Gasteiger partial charge on any atom is 0.254 e. The summed E-state index contributed by atoms with van der Waals surface area (Å²) in [5.74, 6) is -0.271. The van der Waals surface area contributed by atoms with Crippen LogP contribution in [0.15, 0.2) is 49.1 Å². The molecule has 0 aliphatic rings. The van der Waals surface area contributed by atoms with Gasteiger partial charge < -0.3 is 5.32 Å². The molecule has 0 bridgehead atoms. The van der Waals surface area contributed by atoms with Crippen LogP contribution in [0.2, 0.25) is 8.67 Å². The van der Waals surface area contributed by atoms with Crippen molar-refractivity contribution in [2.24, 2.45) is 0 Å². The second-order valence-electron chi connectivity index (χ2n) is 4.79. The highest BCUT2D eigenvalue weighted by Gasteiger charge is 2.20. The Bertz CT molecular complexity index is 789. The number of hydrogen-bond acceptors (Lipinski definition) is 4.